The lowest BCUT2D eigenvalue weighted by atomic mass is 9.12. The van der Waals surface area contributed by atoms with Crippen LogP contribution in [0.5, 0.6) is 0 Å². The molecule has 0 unspecified atom stereocenters. The summed E-state index contributed by atoms with van der Waals surface area (Å²) in [5.74, 6) is -71.9. The van der Waals surface area contributed by atoms with Gasteiger partial charge in [0.15, 0.2) is 76.0 Å². The van der Waals surface area contributed by atoms with E-state index in [0.29, 0.717) is 11.3 Å². The van der Waals surface area contributed by atoms with E-state index < -0.39 is 150 Å². The number of carbonyl (C=O) groups is 2. The van der Waals surface area contributed by atoms with Crippen LogP contribution in [0.15, 0.2) is 48.9 Å². The minimum atomic E-state index is -7.22. The van der Waals surface area contributed by atoms with Gasteiger partial charge < -0.3 is 4.74 Å². The highest BCUT2D eigenvalue weighted by molar-refractivity contribution is 7.20. The van der Waals surface area contributed by atoms with Crippen molar-refractivity contribution in [1.29, 1.82) is 0 Å². The number of rotatable bonds is 9. The van der Waals surface area contributed by atoms with Gasteiger partial charge >= 0.3 is 11.7 Å². The third kappa shape index (κ3) is 8.72. The average molecular weight is 1000 g/mol. The van der Waals surface area contributed by atoms with E-state index in [2.05, 4.69) is 4.98 Å². The fourth-order valence-corrected chi connectivity index (χ4v) is 7.83. The summed E-state index contributed by atoms with van der Waals surface area (Å²) < 4.78 is 301. The van der Waals surface area contributed by atoms with E-state index in [0.717, 1.165) is 25.7 Å². The van der Waals surface area contributed by atoms with Crippen LogP contribution in [0.25, 0.3) is 0 Å². The van der Waals surface area contributed by atoms with E-state index in [1.54, 1.807) is 29.1 Å². The molecule has 1 heterocycles. The van der Waals surface area contributed by atoms with Crippen molar-refractivity contribution in [3.05, 3.63) is 177 Å². The number of ether oxygens (including phenoxy) is 1. The van der Waals surface area contributed by atoms with E-state index in [1.165, 1.54) is 12.6 Å². The maximum absolute atomic E-state index is 15.4. The van der Waals surface area contributed by atoms with Crippen molar-refractivity contribution < 1.29 is 107 Å². The molecule has 1 saturated carbocycles. The molecule has 6 aromatic rings. The summed E-state index contributed by atoms with van der Waals surface area (Å²) in [6, 6.07) is 9.04. The van der Waals surface area contributed by atoms with Gasteiger partial charge in [-0.3, -0.25) is 9.78 Å². The number of carbonyl (C=O) groups excluding carboxylic acids is 2. The Labute approximate surface area is 372 Å². The topological polar surface area (TPSA) is 60.1 Å². The van der Waals surface area contributed by atoms with Crippen molar-refractivity contribution in [2.75, 3.05) is 0 Å². The highest BCUT2D eigenvalue weighted by Gasteiger charge is 2.52. The molecule has 26 heteroatoms. The summed E-state index contributed by atoms with van der Waals surface area (Å²) in [5.41, 5.74) is -13.4. The minimum Gasteiger partial charge on any atom is -0.454 e. The van der Waals surface area contributed by atoms with Crippen LogP contribution < -0.4 is 26.4 Å². The first-order valence-corrected chi connectivity index (χ1v) is 19.3. The summed E-state index contributed by atoms with van der Waals surface area (Å²) >= 11 is 0. The molecule has 0 amide bonds. The van der Waals surface area contributed by atoms with Gasteiger partial charge in [0.25, 0.3) is 0 Å². The third-order valence-corrected chi connectivity index (χ3v) is 11.0. The Morgan fingerprint density at radius 1 is 0.478 bits per heavy atom. The first-order chi connectivity index (χ1) is 32.4. The van der Waals surface area contributed by atoms with Crippen LogP contribution in [0.2, 0.25) is 0 Å². The molecule has 0 spiro atoms. The minimum absolute atomic E-state index is 0.0234. The van der Waals surface area contributed by atoms with Gasteiger partial charge in [-0.25, -0.2) is 92.6 Å². The Balaban J connectivity index is 0.000000273. The number of hydrogen-bond donors (Lipinski definition) is 0. The second-order valence-corrected chi connectivity index (χ2v) is 14.8. The second kappa shape index (κ2) is 19.9. The van der Waals surface area contributed by atoms with Crippen molar-refractivity contribution in [1.82, 2.24) is 4.98 Å². The molecule has 0 radical (unpaired) electrons. The van der Waals surface area contributed by atoms with E-state index in [4.69, 9.17) is 4.74 Å². The molecule has 0 saturated heterocycles. The van der Waals surface area contributed by atoms with Gasteiger partial charge in [0.05, 0.1) is 6.20 Å². The summed E-state index contributed by atoms with van der Waals surface area (Å²) in [6.07, 6.45) is 2.64. The third-order valence-electron chi connectivity index (χ3n) is 11.0. The molecule has 1 aliphatic carbocycles. The van der Waals surface area contributed by atoms with Crippen molar-refractivity contribution >= 4 is 39.7 Å². The van der Waals surface area contributed by atoms with E-state index in [1.807, 2.05) is 18.2 Å². The largest absolute Gasteiger partial charge is 0.454 e. The molecule has 5 aromatic carbocycles. The quantitative estimate of drug-likeness (QED) is 0.0277. The molecule has 5 nitrogen and oxygen atoms in total. The van der Waals surface area contributed by atoms with Crippen LogP contribution in [-0.2, 0) is 11.3 Å². The number of esters is 1. The Morgan fingerprint density at radius 2 is 0.797 bits per heavy atom. The summed E-state index contributed by atoms with van der Waals surface area (Å²) in [4.78, 5) is 28.8. The lowest BCUT2D eigenvalue weighted by Gasteiger charge is -2.44. The molecule has 0 aliphatic heterocycles. The van der Waals surface area contributed by atoms with Crippen LogP contribution >= 0.6 is 0 Å². The van der Waals surface area contributed by atoms with Crippen LogP contribution in [0.4, 0.5) is 87.8 Å². The molecule has 7 rings (SSSR count). The van der Waals surface area contributed by atoms with Crippen LogP contribution in [0, 0.1) is 116 Å². The Bertz CT molecular complexity index is 2660. The number of benzene rings is 5. The number of halogens is 20. The van der Waals surface area contributed by atoms with Crippen LogP contribution in [-0.4, -0.2) is 29.0 Å². The molecule has 1 aromatic heterocycles. The normalized spacial score (nSPS) is 13.0. The first kappa shape index (κ1) is 51.4. The Morgan fingerprint density at radius 3 is 1.13 bits per heavy atom. The summed E-state index contributed by atoms with van der Waals surface area (Å²) in [7, 11) is 0. The van der Waals surface area contributed by atoms with Crippen molar-refractivity contribution in [3.63, 3.8) is 0 Å². The van der Waals surface area contributed by atoms with Gasteiger partial charge in [-0.15, -0.1) is 21.9 Å². The van der Waals surface area contributed by atoms with Gasteiger partial charge in [0.2, 0.25) is 12.3 Å². The van der Waals surface area contributed by atoms with Gasteiger partial charge in [-0.1, -0.05) is 36.8 Å². The predicted molar refractivity (Wildman–Crippen MR) is 197 cm³/mol. The zero-order valence-electron chi connectivity index (χ0n) is 33.7. The van der Waals surface area contributed by atoms with Crippen LogP contribution in [0.1, 0.15) is 53.0 Å². The maximum atomic E-state index is 15.4. The van der Waals surface area contributed by atoms with E-state index in [9.17, 15) is 62.3 Å². The number of aromatic nitrogens is 2. The standard InChI is InChI=1S/C24BF20.C19H21N2O3/c26-5-1(6(27)14(35)21(42)13(5)34)25(2-7(28)15(36)22(43)16(37)8(2)29,3-9(30)17(38)23(44)18(39)10(3)31)4-11(32)19(40)24(45)20(41)12(4)33;22-18(15-7-3-1-4-8-15)14-21-12-11-20-13-17(21)19(23)24-16-9-5-2-6-10-16/h;1,3-4,7-8,11-13,16H,2,5-6,9-10,14H2/q-1;+1. The van der Waals surface area contributed by atoms with Gasteiger partial charge in [-0.2, -0.15) is 4.57 Å². The smallest absolute Gasteiger partial charge is 0.405 e. The van der Waals surface area contributed by atoms with Crippen LogP contribution in [0.3, 0.4) is 0 Å². The fourth-order valence-electron chi connectivity index (χ4n) is 7.83. The number of hydrogen-bond acceptors (Lipinski definition) is 4. The molecule has 0 bridgehead atoms. The average Bonchev–Trinajstić information content (AvgIpc) is 3.34. The first-order valence-electron chi connectivity index (χ1n) is 19.3. The van der Waals surface area contributed by atoms with Gasteiger partial charge in [0.1, 0.15) is 65.0 Å². The van der Waals surface area contributed by atoms with Gasteiger partial charge in [0, 0.05) is 5.56 Å². The second-order valence-electron chi connectivity index (χ2n) is 14.8. The lowest BCUT2D eigenvalue weighted by molar-refractivity contribution is -0.686. The lowest BCUT2D eigenvalue weighted by Crippen LogP contribution is -2.81. The highest BCUT2D eigenvalue weighted by atomic mass is 19.2. The molecular formula is C43H21BF20N2O3. The number of nitrogens with zero attached hydrogens (tertiary/aromatic N) is 2. The van der Waals surface area contributed by atoms with Crippen molar-refractivity contribution in [2.24, 2.45) is 0 Å². The van der Waals surface area contributed by atoms with E-state index in [-0.39, 0.29) is 18.4 Å². The molecular weight excluding hydrogens is 983 g/mol. The zero-order chi connectivity index (χ0) is 51.1. The summed E-state index contributed by atoms with van der Waals surface area (Å²) in [6.45, 7) is 0.0850. The maximum Gasteiger partial charge on any atom is 0.405 e. The van der Waals surface area contributed by atoms with E-state index >= 15 is 35.1 Å². The fraction of sp³-hybridized carbons (Fsp3) is 0.163. The molecule has 0 N–H and O–H groups in total. The SMILES string of the molecule is Fc1c(F)c(F)c([B-](c2c(F)c(F)c(F)c(F)c2F)(c2c(F)c(F)c(F)c(F)c2F)c2c(F)c(F)c(F)c(F)c2F)c(F)c1F.O=C(C[n+]1ccncc1C(=O)OC1CCCCC1)c1ccccc1. The Hall–Kier alpha value is -7.02. The summed E-state index contributed by atoms with van der Waals surface area (Å²) in [5, 5.41) is 0. The monoisotopic (exact) mass is 1000 g/mol. The zero-order valence-corrected chi connectivity index (χ0v) is 33.7. The Kier molecular flexibility index (Phi) is 14.8. The molecule has 0 atom stereocenters. The highest BCUT2D eigenvalue weighted by Crippen LogP contribution is 2.31. The van der Waals surface area contributed by atoms with Gasteiger partial charge in [-0.05, 0) is 25.7 Å². The number of Topliss-reactive ketones (excluding diaryl/α,β-unsaturated/α-hetero) is 1. The van der Waals surface area contributed by atoms with Crippen molar-refractivity contribution in [2.45, 2.75) is 44.8 Å². The molecule has 69 heavy (non-hydrogen) atoms. The molecule has 364 valence electrons. The predicted octanol–water partition coefficient (Wildman–Crippen LogP) is 8.59. The molecule has 1 aliphatic rings. The van der Waals surface area contributed by atoms with Crippen molar-refractivity contribution in [3.8, 4) is 0 Å². The number of ketones is 1. The molecule has 1 fully saturated rings.